The highest BCUT2D eigenvalue weighted by molar-refractivity contribution is 6.03. The van der Waals surface area contributed by atoms with Gasteiger partial charge in [-0.15, -0.1) is 0 Å². The molecular formula is C14H16N4O4. The van der Waals surface area contributed by atoms with Crippen LogP contribution in [0, 0.1) is 23.7 Å². The predicted molar refractivity (Wildman–Crippen MR) is 75.7 cm³/mol. The number of aliphatic carboxylic acids is 1. The number of hydrogen-bond acceptors (Lipinski definition) is 4. The van der Waals surface area contributed by atoms with Crippen LogP contribution in [0.15, 0.2) is 18.3 Å². The summed E-state index contributed by atoms with van der Waals surface area (Å²) < 4.78 is 1.27. The van der Waals surface area contributed by atoms with Crippen LogP contribution in [0.2, 0.25) is 0 Å². The van der Waals surface area contributed by atoms with Crippen molar-refractivity contribution >= 4 is 23.5 Å². The van der Waals surface area contributed by atoms with Gasteiger partial charge in [-0.25, -0.2) is 0 Å². The first kappa shape index (κ1) is 14.3. The molecule has 3 rings (SSSR count). The first-order valence-corrected chi connectivity index (χ1v) is 6.94. The minimum Gasteiger partial charge on any atom is -0.481 e. The van der Waals surface area contributed by atoms with E-state index in [0.29, 0.717) is 6.42 Å². The lowest BCUT2D eigenvalue weighted by Crippen LogP contribution is -2.36. The van der Waals surface area contributed by atoms with E-state index in [1.165, 1.54) is 17.9 Å². The average molecular weight is 304 g/mol. The van der Waals surface area contributed by atoms with Crippen molar-refractivity contribution in [3.63, 3.8) is 0 Å². The van der Waals surface area contributed by atoms with E-state index in [1.807, 2.05) is 12.2 Å². The quantitative estimate of drug-likeness (QED) is 0.674. The summed E-state index contributed by atoms with van der Waals surface area (Å²) in [4.78, 5) is 35.4. The zero-order valence-electron chi connectivity index (χ0n) is 11.9. The number of allylic oxidation sites excluding steroid dienone is 2. The van der Waals surface area contributed by atoms with Gasteiger partial charge in [0.25, 0.3) is 5.91 Å². The van der Waals surface area contributed by atoms with E-state index >= 15 is 0 Å². The number of primary amides is 1. The van der Waals surface area contributed by atoms with Crippen molar-refractivity contribution in [2.24, 2.45) is 36.5 Å². The molecule has 0 saturated heterocycles. The minimum absolute atomic E-state index is 0.0823. The van der Waals surface area contributed by atoms with Gasteiger partial charge in [0.05, 0.1) is 23.7 Å². The van der Waals surface area contributed by atoms with E-state index in [2.05, 4.69) is 10.4 Å². The fraction of sp³-hybridized carbons (Fsp3) is 0.429. The van der Waals surface area contributed by atoms with Crippen molar-refractivity contribution in [2.45, 2.75) is 6.42 Å². The Kier molecular flexibility index (Phi) is 3.23. The van der Waals surface area contributed by atoms with Crippen LogP contribution in [0.1, 0.15) is 16.9 Å². The summed E-state index contributed by atoms with van der Waals surface area (Å²) in [5.74, 6) is -3.67. The van der Waals surface area contributed by atoms with Gasteiger partial charge in [0.15, 0.2) is 0 Å². The highest BCUT2D eigenvalue weighted by atomic mass is 16.4. The van der Waals surface area contributed by atoms with Gasteiger partial charge in [-0.05, 0) is 18.3 Å². The normalized spacial score (nSPS) is 28.8. The van der Waals surface area contributed by atoms with Crippen LogP contribution in [0.5, 0.6) is 0 Å². The van der Waals surface area contributed by atoms with E-state index in [4.69, 9.17) is 5.73 Å². The van der Waals surface area contributed by atoms with Crippen LogP contribution in [0.25, 0.3) is 0 Å². The Hall–Kier alpha value is -2.64. The first-order chi connectivity index (χ1) is 10.4. The largest absolute Gasteiger partial charge is 0.481 e. The van der Waals surface area contributed by atoms with E-state index in [1.54, 1.807) is 0 Å². The maximum absolute atomic E-state index is 12.5. The molecule has 0 spiro atoms. The minimum atomic E-state index is -0.974. The molecule has 2 amide bonds. The van der Waals surface area contributed by atoms with Crippen molar-refractivity contribution in [1.29, 1.82) is 0 Å². The number of amides is 2. The number of carbonyl (C=O) groups excluding carboxylic acids is 2. The molecule has 8 heteroatoms. The Labute approximate surface area is 126 Å². The molecule has 1 aromatic rings. The van der Waals surface area contributed by atoms with Crippen LogP contribution in [0.4, 0.5) is 5.69 Å². The van der Waals surface area contributed by atoms with Crippen LogP contribution in [-0.4, -0.2) is 32.7 Å². The van der Waals surface area contributed by atoms with Crippen molar-refractivity contribution in [1.82, 2.24) is 9.78 Å². The number of aromatic nitrogens is 2. The van der Waals surface area contributed by atoms with Crippen molar-refractivity contribution in [3.05, 3.63) is 24.0 Å². The van der Waals surface area contributed by atoms with Crippen molar-refractivity contribution in [2.75, 3.05) is 5.32 Å². The molecule has 0 unspecified atom stereocenters. The summed E-state index contributed by atoms with van der Waals surface area (Å²) in [5.41, 5.74) is 5.56. The van der Waals surface area contributed by atoms with E-state index in [-0.39, 0.29) is 23.2 Å². The SMILES string of the molecule is Cn1ncc(NC(=O)[C@H]2[C@@H](C(=O)O)[C@H]3C=C[C@H]2C3)c1C(N)=O. The summed E-state index contributed by atoms with van der Waals surface area (Å²) in [6.45, 7) is 0. The Bertz CT molecular complexity index is 693. The summed E-state index contributed by atoms with van der Waals surface area (Å²) in [6, 6.07) is 0. The first-order valence-electron chi connectivity index (χ1n) is 6.94. The van der Waals surface area contributed by atoms with Crippen LogP contribution < -0.4 is 11.1 Å². The number of nitrogens with one attached hydrogen (secondary N) is 1. The van der Waals surface area contributed by atoms with Crippen molar-refractivity contribution in [3.8, 4) is 0 Å². The summed E-state index contributed by atoms with van der Waals surface area (Å²) in [6.07, 6.45) is 5.76. The number of fused-ring (bicyclic) bond motifs is 2. The Morgan fingerprint density at radius 1 is 1.32 bits per heavy atom. The van der Waals surface area contributed by atoms with E-state index in [9.17, 15) is 19.5 Å². The molecule has 1 heterocycles. The molecule has 8 nitrogen and oxygen atoms in total. The zero-order chi connectivity index (χ0) is 16.0. The third-order valence-electron chi connectivity index (χ3n) is 4.48. The summed E-state index contributed by atoms with van der Waals surface area (Å²) >= 11 is 0. The second-order valence-corrected chi connectivity index (χ2v) is 5.72. The molecule has 4 atom stereocenters. The third kappa shape index (κ3) is 2.07. The molecule has 2 bridgehead atoms. The molecule has 2 aliphatic carbocycles. The molecule has 2 aliphatic rings. The molecule has 0 aliphatic heterocycles. The smallest absolute Gasteiger partial charge is 0.307 e. The van der Waals surface area contributed by atoms with Gasteiger partial charge in [0.1, 0.15) is 5.69 Å². The van der Waals surface area contributed by atoms with Crippen molar-refractivity contribution < 1.29 is 19.5 Å². The Morgan fingerprint density at radius 3 is 2.55 bits per heavy atom. The predicted octanol–water partition coefficient (Wildman–Crippen LogP) is -0.0196. The second kappa shape index (κ2) is 4.97. The number of nitrogens with two attached hydrogens (primary N) is 1. The topological polar surface area (TPSA) is 127 Å². The van der Waals surface area contributed by atoms with Gasteiger partial charge in [-0.1, -0.05) is 12.2 Å². The fourth-order valence-corrected chi connectivity index (χ4v) is 3.55. The lowest BCUT2D eigenvalue weighted by atomic mass is 9.82. The molecule has 1 fully saturated rings. The van der Waals surface area contributed by atoms with Gasteiger partial charge in [-0.2, -0.15) is 5.10 Å². The number of rotatable bonds is 4. The molecular weight excluding hydrogens is 288 g/mol. The van der Waals surface area contributed by atoms with Gasteiger partial charge >= 0.3 is 5.97 Å². The Morgan fingerprint density at radius 2 is 1.95 bits per heavy atom. The Balaban J connectivity index is 1.85. The van der Waals surface area contributed by atoms with Crippen LogP contribution in [-0.2, 0) is 16.6 Å². The summed E-state index contributed by atoms with van der Waals surface area (Å²) in [5, 5.41) is 15.9. The molecule has 22 heavy (non-hydrogen) atoms. The van der Waals surface area contributed by atoms with Gasteiger partial charge in [0.2, 0.25) is 5.91 Å². The monoisotopic (exact) mass is 304 g/mol. The van der Waals surface area contributed by atoms with E-state index < -0.39 is 29.6 Å². The highest BCUT2D eigenvalue weighted by Crippen LogP contribution is 2.48. The van der Waals surface area contributed by atoms with Crippen LogP contribution >= 0.6 is 0 Å². The van der Waals surface area contributed by atoms with Gasteiger partial charge in [-0.3, -0.25) is 19.1 Å². The lowest BCUT2D eigenvalue weighted by molar-refractivity contribution is -0.146. The molecule has 0 aromatic carbocycles. The molecule has 1 aromatic heterocycles. The third-order valence-corrected chi connectivity index (χ3v) is 4.48. The highest BCUT2D eigenvalue weighted by Gasteiger charge is 2.51. The van der Waals surface area contributed by atoms with Crippen LogP contribution in [0.3, 0.4) is 0 Å². The molecule has 1 saturated carbocycles. The lowest BCUT2D eigenvalue weighted by Gasteiger charge is -2.23. The number of carboxylic acid groups (broad SMARTS) is 1. The number of aryl methyl sites for hydroxylation is 1. The van der Waals surface area contributed by atoms with Gasteiger partial charge < -0.3 is 16.2 Å². The number of hydrogen-bond donors (Lipinski definition) is 3. The molecule has 4 N–H and O–H groups in total. The number of carboxylic acids is 1. The molecule has 116 valence electrons. The zero-order valence-corrected chi connectivity index (χ0v) is 11.9. The number of nitrogens with zero attached hydrogens (tertiary/aromatic N) is 2. The summed E-state index contributed by atoms with van der Waals surface area (Å²) in [7, 11) is 1.54. The number of carbonyl (C=O) groups is 3. The molecule has 0 radical (unpaired) electrons. The average Bonchev–Trinajstić information content (AvgIpc) is 3.12. The van der Waals surface area contributed by atoms with E-state index in [0.717, 1.165) is 0 Å². The van der Waals surface area contributed by atoms with Gasteiger partial charge in [0, 0.05) is 7.05 Å². The number of anilines is 1. The second-order valence-electron chi connectivity index (χ2n) is 5.72. The standard InChI is InChI=1S/C14H16N4O4/c1-18-11(12(15)19)8(5-16-18)17-13(20)9-6-2-3-7(4-6)10(9)14(21)22/h2-3,5-7,9-10H,4H2,1H3,(H2,15,19)(H,17,20)(H,21,22)/t6-,7-,9+,10-/m0/s1. The fourth-order valence-electron chi connectivity index (χ4n) is 3.55. The maximum Gasteiger partial charge on any atom is 0.307 e. The maximum atomic E-state index is 12.5.